The zero-order chi connectivity index (χ0) is 16.8. The lowest BCUT2D eigenvalue weighted by atomic mass is 10.1. The van der Waals surface area contributed by atoms with Crippen molar-refractivity contribution in [3.8, 4) is 5.75 Å². The van der Waals surface area contributed by atoms with Crippen LogP contribution < -0.4 is 4.74 Å². The van der Waals surface area contributed by atoms with Gasteiger partial charge in [-0.05, 0) is 42.6 Å². The lowest BCUT2D eigenvalue weighted by Crippen LogP contribution is -2.40. The first kappa shape index (κ1) is 17.0. The molecule has 0 amide bonds. The van der Waals surface area contributed by atoms with Crippen molar-refractivity contribution in [2.45, 2.75) is 31.7 Å². The molecule has 2 atom stereocenters. The number of benzene rings is 2. The van der Waals surface area contributed by atoms with Crippen LogP contribution in [0.2, 0.25) is 0 Å². The fourth-order valence-electron chi connectivity index (χ4n) is 3.07. The number of piperidine rings is 1. The summed E-state index contributed by atoms with van der Waals surface area (Å²) >= 11 is 0. The Labute approximate surface area is 143 Å². The maximum Gasteiger partial charge on any atom is 0.119 e. The van der Waals surface area contributed by atoms with E-state index in [1.54, 1.807) is 0 Å². The highest BCUT2D eigenvalue weighted by molar-refractivity contribution is 5.29. The molecular weight excluding hydrogens is 302 g/mol. The Balaban J connectivity index is 1.51. The Morgan fingerprint density at radius 1 is 1.08 bits per heavy atom. The molecule has 0 radical (unpaired) electrons. The quantitative estimate of drug-likeness (QED) is 0.857. The molecule has 0 aliphatic carbocycles. The van der Waals surface area contributed by atoms with Crippen molar-refractivity contribution in [1.29, 1.82) is 0 Å². The molecular formula is C20H25NO3. The molecule has 1 aliphatic heterocycles. The SMILES string of the molecule is O[C@@H]1CCCN(C[C@@H](O)c2ccc(OCc3ccccc3)cc2)C1. The monoisotopic (exact) mass is 327 g/mol. The van der Waals surface area contributed by atoms with Crippen molar-refractivity contribution in [1.82, 2.24) is 4.90 Å². The molecule has 0 saturated carbocycles. The summed E-state index contributed by atoms with van der Waals surface area (Å²) in [5.74, 6) is 0.795. The highest BCUT2D eigenvalue weighted by Gasteiger charge is 2.20. The van der Waals surface area contributed by atoms with Crippen molar-refractivity contribution in [2.75, 3.05) is 19.6 Å². The third kappa shape index (κ3) is 4.81. The van der Waals surface area contributed by atoms with Gasteiger partial charge in [0.15, 0.2) is 0 Å². The van der Waals surface area contributed by atoms with Crippen LogP contribution in [0, 0.1) is 0 Å². The lowest BCUT2D eigenvalue weighted by molar-refractivity contribution is 0.0392. The molecule has 1 fully saturated rings. The van der Waals surface area contributed by atoms with Gasteiger partial charge in [0, 0.05) is 13.1 Å². The van der Waals surface area contributed by atoms with Crippen molar-refractivity contribution < 1.29 is 14.9 Å². The number of rotatable bonds is 6. The van der Waals surface area contributed by atoms with E-state index in [4.69, 9.17) is 4.74 Å². The van der Waals surface area contributed by atoms with Crippen LogP contribution in [0.5, 0.6) is 5.75 Å². The summed E-state index contributed by atoms with van der Waals surface area (Å²) in [6.45, 7) is 2.68. The van der Waals surface area contributed by atoms with Crippen LogP contribution in [0.1, 0.15) is 30.1 Å². The van der Waals surface area contributed by atoms with Gasteiger partial charge in [0.2, 0.25) is 0 Å². The van der Waals surface area contributed by atoms with Crippen LogP contribution >= 0.6 is 0 Å². The van der Waals surface area contributed by atoms with Crippen LogP contribution in [-0.2, 0) is 6.61 Å². The molecule has 2 aromatic rings. The van der Waals surface area contributed by atoms with Crippen LogP contribution in [0.15, 0.2) is 54.6 Å². The van der Waals surface area contributed by atoms with E-state index in [0.29, 0.717) is 19.7 Å². The first-order valence-electron chi connectivity index (χ1n) is 8.56. The van der Waals surface area contributed by atoms with E-state index < -0.39 is 6.10 Å². The van der Waals surface area contributed by atoms with Gasteiger partial charge in [0.1, 0.15) is 12.4 Å². The van der Waals surface area contributed by atoms with Gasteiger partial charge in [0.05, 0.1) is 12.2 Å². The Hall–Kier alpha value is -1.88. The summed E-state index contributed by atoms with van der Waals surface area (Å²) in [6, 6.07) is 17.7. The largest absolute Gasteiger partial charge is 0.489 e. The maximum absolute atomic E-state index is 10.4. The minimum Gasteiger partial charge on any atom is -0.489 e. The standard InChI is InChI=1S/C20H25NO3/c22-18-7-4-12-21(13-18)14-20(23)17-8-10-19(11-9-17)24-15-16-5-2-1-3-6-16/h1-3,5-6,8-11,18,20,22-23H,4,7,12-15H2/t18-,20-/m1/s1. The molecule has 1 saturated heterocycles. The number of aliphatic hydroxyl groups is 2. The fraction of sp³-hybridized carbons (Fsp3) is 0.400. The molecule has 2 N–H and O–H groups in total. The van der Waals surface area contributed by atoms with E-state index >= 15 is 0 Å². The van der Waals surface area contributed by atoms with E-state index in [1.807, 2.05) is 54.6 Å². The van der Waals surface area contributed by atoms with Crippen molar-refractivity contribution in [3.05, 3.63) is 65.7 Å². The number of β-amino-alcohol motifs (C(OH)–C–C–N with tert-alkyl or cyclic N) is 2. The Morgan fingerprint density at radius 2 is 1.83 bits per heavy atom. The average Bonchev–Trinajstić information content (AvgIpc) is 2.61. The summed E-state index contributed by atoms with van der Waals surface area (Å²) in [5, 5.41) is 20.1. The average molecular weight is 327 g/mol. The second-order valence-corrected chi connectivity index (χ2v) is 6.41. The summed E-state index contributed by atoms with van der Waals surface area (Å²) in [4.78, 5) is 2.12. The highest BCUT2D eigenvalue weighted by atomic mass is 16.5. The van der Waals surface area contributed by atoms with Crippen molar-refractivity contribution in [2.24, 2.45) is 0 Å². The molecule has 24 heavy (non-hydrogen) atoms. The maximum atomic E-state index is 10.4. The molecule has 0 bridgehead atoms. The Kier molecular flexibility index (Phi) is 5.86. The van der Waals surface area contributed by atoms with E-state index in [1.165, 1.54) is 0 Å². The predicted molar refractivity (Wildman–Crippen MR) is 93.9 cm³/mol. The molecule has 2 aromatic carbocycles. The number of likely N-dealkylation sites (tertiary alicyclic amines) is 1. The van der Waals surface area contributed by atoms with Gasteiger partial charge in [-0.25, -0.2) is 0 Å². The van der Waals surface area contributed by atoms with Crippen molar-refractivity contribution in [3.63, 3.8) is 0 Å². The molecule has 4 nitrogen and oxygen atoms in total. The second kappa shape index (κ2) is 8.29. The number of nitrogens with zero attached hydrogens (tertiary/aromatic N) is 1. The van der Waals surface area contributed by atoms with Gasteiger partial charge < -0.3 is 14.9 Å². The molecule has 128 valence electrons. The molecule has 1 aliphatic rings. The number of hydrogen-bond acceptors (Lipinski definition) is 4. The first-order chi connectivity index (χ1) is 11.7. The number of ether oxygens (including phenoxy) is 1. The molecule has 3 rings (SSSR count). The van der Waals surface area contributed by atoms with Gasteiger partial charge in [0.25, 0.3) is 0 Å². The minimum atomic E-state index is -0.543. The van der Waals surface area contributed by atoms with Gasteiger partial charge in [-0.15, -0.1) is 0 Å². The van der Waals surface area contributed by atoms with Crippen LogP contribution in [0.4, 0.5) is 0 Å². The van der Waals surface area contributed by atoms with Gasteiger partial charge in [-0.1, -0.05) is 42.5 Å². The predicted octanol–water partition coefficient (Wildman–Crippen LogP) is 2.76. The molecule has 1 heterocycles. The summed E-state index contributed by atoms with van der Waals surface area (Å²) in [5.41, 5.74) is 2.01. The van der Waals surface area contributed by atoms with Gasteiger partial charge >= 0.3 is 0 Å². The summed E-state index contributed by atoms with van der Waals surface area (Å²) in [6.07, 6.45) is 1.04. The minimum absolute atomic E-state index is 0.264. The van der Waals surface area contributed by atoms with Crippen LogP contribution in [0.3, 0.4) is 0 Å². The summed E-state index contributed by atoms with van der Waals surface area (Å²) in [7, 11) is 0. The summed E-state index contributed by atoms with van der Waals surface area (Å²) < 4.78 is 5.77. The molecule has 0 aromatic heterocycles. The third-order valence-corrected chi connectivity index (χ3v) is 4.42. The van der Waals surface area contributed by atoms with Gasteiger partial charge in [-0.2, -0.15) is 0 Å². The molecule has 0 spiro atoms. The van der Waals surface area contributed by atoms with E-state index in [0.717, 1.165) is 36.3 Å². The lowest BCUT2D eigenvalue weighted by Gasteiger charge is -2.31. The number of aliphatic hydroxyl groups excluding tert-OH is 2. The Bertz CT molecular complexity index is 615. The van der Waals surface area contributed by atoms with Crippen molar-refractivity contribution >= 4 is 0 Å². The van der Waals surface area contributed by atoms with Crippen LogP contribution in [-0.4, -0.2) is 40.9 Å². The zero-order valence-corrected chi connectivity index (χ0v) is 13.8. The zero-order valence-electron chi connectivity index (χ0n) is 13.8. The van der Waals surface area contributed by atoms with E-state index in [-0.39, 0.29) is 6.10 Å². The normalized spacial score (nSPS) is 19.8. The van der Waals surface area contributed by atoms with Crippen LogP contribution in [0.25, 0.3) is 0 Å². The van der Waals surface area contributed by atoms with Gasteiger partial charge in [-0.3, -0.25) is 4.90 Å². The highest BCUT2D eigenvalue weighted by Crippen LogP contribution is 2.21. The number of hydrogen-bond donors (Lipinski definition) is 2. The van der Waals surface area contributed by atoms with E-state index in [9.17, 15) is 10.2 Å². The second-order valence-electron chi connectivity index (χ2n) is 6.41. The topological polar surface area (TPSA) is 52.9 Å². The first-order valence-corrected chi connectivity index (χ1v) is 8.56. The smallest absolute Gasteiger partial charge is 0.119 e. The molecule has 4 heteroatoms. The molecule has 0 unspecified atom stereocenters. The fourth-order valence-corrected chi connectivity index (χ4v) is 3.07. The Morgan fingerprint density at radius 3 is 2.54 bits per heavy atom. The third-order valence-electron chi connectivity index (χ3n) is 4.42. The van der Waals surface area contributed by atoms with E-state index in [2.05, 4.69) is 4.90 Å².